The molecule has 0 N–H and O–H groups in total. The summed E-state index contributed by atoms with van der Waals surface area (Å²) in [6.07, 6.45) is 0.834. The average molecular weight is 499 g/mol. The molecule has 1 amide bonds. The molecule has 4 rings (SSSR count). The number of ether oxygens (including phenoxy) is 2. The minimum absolute atomic E-state index is 0.0611. The van der Waals surface area contributed by atoms with Crippen LogP contribution in [0.3, 0.4) is 0 Å². The largest absolute Gasteiger partial charge is 0.493 e. The molecular weight excluding hydrogens is 464 g/mol. The van der Waals surface area contributed by atoms with Gasteiger partial charge in [0.05, 0.1) is 37.7 Å². The monoisotopic (exact) mass is 498 g/mol. The van der Waals surface area contributed by atoms with Gasteiger partial charge < -0.3 is 14.4 Å². The zero-order chi connectivity index (χ0) is 26.4. The highest BCUT2D eigenvalue weighted by Gasteiger charge is 2.20. The molecule has 0 aliphatic heterocycles. The van der Waals surface area contributed by atoms with Gasteiger partial charge in [0, 0.05) is 19.5 Å². The highest BCUT2D eigenvalue weighted by Crippen LogP contribution is 2.32. The molecule has 3 aromatic carbocycles. The van der Waals surface area contributed by atoms with E-state index in [1.807, 2.05) is 53.8 Å². The number of hydrogen-bond donors (Lipinski definition) is 0. The van der Waals surface area contributed by atoms with Gasteiger partial charge in [-0.2, -0.15) is 0 Å². The fourth-order valence-corrected chi connectivity index (χ4v) is 4.40. The Morgan fingerprint density at radius 1 is 0.865 bits per heavy atom. The van der Waals surface area contributed by atoms with E-state index >= 15 is 0 Å². The summed E-state index contributed by atoms with van der Waals surface area (Å²) in [6, 6.07) is 22.5. The van der Waals surface area contributed by atoms with Crippen molar-refractivity contribution in [2.75, 3.05) is 27.3 Å². The zero-order valence-electron chi connectivity index (χ0n) is 22.2. The topological polar surface area (TPSA) is 69.5 Å². The molecule has 0 fully saturated rings. The first-order valence-electron chi connectivity index (χ1n) is 12.6. The number of amides is 1. The van der Waals surface area contributed by atoms with E-state index in [1.165, 1.54) is 5.56 Å². The van der Waals surface area contributed by atoms with E-state index in [-0.39, 0.29) is 12.3 Å². The van der Waals surface area contributed by atoms with Crippen molar-refractivity contribution >= 4 is 5.91 Å². The SMILES string of the molecule is CCN(CC)C(=O)Cc1nnn(-c2ccc(C)cc2)c1Cc1ccc(-c2ccc(OC)c(OC)c2)cc1. The van der Waals surface area contributed by atoms with Crippen LogP contribution in [0.1, 0.15) is 36.4 Å². The second-order valence-corrected chi connectivity index (χ2v) is 8.92. The quantitative estimate of drug-likeness (QED) is 0.298. The van der Waals surface area contributed by atoms with Gasteiger partial charge in [-0.15, -0.1) is 5.10 Å². The molecule has 0 unspecified atom stereocenters. The van der Waals surface area contributed by atoms with Crippen LogP contribution in [0.4, 0.5) is 0 Å². The second kappa shape index (κ2) is 11.7. The number of likely N-dealkylation sites (N-methyl/N-ethyl adjacent to an activating group) is 1. The Labute approximate surface area is 218 Å². The molecule has 0 saturated carbocycles. The Hall–Kier alpha value is -4.13. The fourth-order valence-electron chi connectivity index (χ4n) is 4.40. The third-order valence-electron chi connectivity index (χ3n) is 6.60. The predicted molar refractivity (Wildman–Crippen MR) is 146 cm³/mol. The van der Waals surface area contributed by atoms with Crippen LogP contribution in [-0.2, 0) is 17.6 Å². The fraction of sp³-hybridized carbons (Fsp3) is 0.300. The highest BCUT2D eigenvalue weighted by molar-refractivity contribution is 5.78. The van der Waals surface area contributed by atoms with Crippen LogP contribution in [-0.4, -0.2) is 53.1 Å². The van der Waals surface area contributed by atoms with Crippen LogP contribution in [0.15, 0.2) is 66.7 Å². The minimum atomic E-state index is 0.0611. The van der Waals surface area contributed by atoms with Gasteiger partial charge in [0.1, 0.15) is 0 Å². The lowest BCUT2D eigenvalue weighted by Gasteiger charge is -2.18. The van der Waals surface area contributed by atoms with Crippen molar-refractivity contribution in [1.29, 1.82) is 0 Å². The van der Waals surface area contributed by atoms with Gasteiger partial charge in [0.2, 0.25) is 5.91 Å². The smallest absolute Gasteiger partial charge is 0.228 e. The molecule has 7 heteroatoms. The zero-order valence-corrected chi connectivity index (χ0v) is 22.2. The van der Waals surface area contributed by atoms with Crippen molar-refractivity contribution in [3.63, 3.8) is 0 Å². The molecule has 7 nitrogen and oxygen atoms in total. The molecule has 0 spiro atoms. The molecule has 0 saturated heterocycles. The van der Waals surface area contributed by atoms with Gasteiger partial charge in [0.15, 0.2) is 11.5 Å². The first kappa shape index (κ1) is 25.9. The summed E-state index contributed by atoms with van der Waals surface area (Å²) < 4.78 is 12.7. The molecule has 1 aromatic heterocycles. The van der Waals surface area contributed by atoms with Crippen molar-refractivity contribution in [2.45, 2.75) is 33.6 Å². The predicted octanol–water partition coefficient (Wildman–Crippen LogP) is 5.26. The summed E-state index contributed by atoms with van der Waals surface area (Å²) in [4.78, 5) is 14.7. The Bertz CT molecular complexity index is 1340. The number of carbonyl (C=O) groups excluding carboxylic acids is 1. The third-order valence-corrected chi connectivity index (χ3v) is 6.60. The van der Waals surface area contributed by atoms with E-state index in [4.69, 9.17) is 9.47 Å². The number of aryl methyl sites for hydroxylation is 1. The Morgan fingerprint density at radius 2 is 1.51 bits per heavy atom. The summed E-state index contributed by atoms with van der Waals surface area (Å²) in [7, 11) is 3.27. The maximum absolute atomic E-state index is 12.9. The summed E-state index contributed by atoms with van der Waals surface area (Å²) in [6.45, 7) is 7.39. The van der Waals surface area contributed by atoms with E-state index in [2.05, 4.69) is 53.6 Å². The molecule has 0 aliphatic rings. The number of aromatic nitrogens is 3. The van der Waals surface area contributed by atoms with E-state index in [9.17, 15) is 4.79 Å². The number of rotatable bonds is 10. The maximum atomic E-state index is 12.9. The van der Waals surface area contributed by atoms with Crippen LogP contribution in [0.5, 0.6) is 11.5 Å². The molecule has 192 valence electrons. The first-order valence-corrected chi connectivity index (χ1v) is 12.6. The Morgan fingerprint density at radius 3 is 2.14 bits per heavy atom. The molecule has 1 heterocycles. The van der Waals surface area contributed by atoms with Gasteiger partial charge in [-0.1, -0.05) is 53.2 Å². The van der Waals surface area contributed by atoms with Gasteiger partial charge in [0.25, 0.3) is 0 Å². The number of nitrogens with zero attached hydrogens (tertiary/aromatic N) is 4. The molecule has 0 radical (unpaired) electrons. The lowest BCUT2D eigenvalue weighted by molar-refractivity contribution is -0.130. The molecular formula is C30H34N4O3. The van der Waals surface area contributed by atoms with Crippen molar-refractivity contribution in [1.82, 2.24) is 19.9 Å². The lowest BCUT2D eigenvalue weighted by Crippen LogP contribution is -2.32. The first-order chi connectivity index (χ1) is 18.0. The van der Waals surface area contributed by atoms with Crippen LogP contribution in [0.2, 0.25) is 0 Å². The van der Waals surface area contributed by atoms with Gasteiger partial charge in [-0.05, 0) is 61.7 Å². The van der Waals surface area contributed by atoms with Gasteiger partial charge >= 0.3 is 0 Å². The second-order valence-electron chi connectivity index (χ2n) is 8.92. The normalized spacial score (nSPS) is 10.8. The van der Waals surface area contributed by atoms with E-state index in [0.717, 1.165) is 28.1 Å². The standard InChI is InChI=1S/C30H34N4O3/c1-6-33(7-2)30(35)20-26-27(34(32-31-26)25-15-8-21(3)9-16-25)18-22-10-12-23(13-11-22)24-14-17-28(36-4)29(19-24)37-5/h8-17,19H,6-7,18,20H2,1-5H3. The van der Waals surface area contributed by atoms with E-state index in [0.29, 0.717) is 36.7 Å². The lowest BCUT2D eigenvalue weighted by atomic mass is 10.0. The number of hydrogen-bond acceptors (Lipinski definition) is 5. The van der Waals surface area contributed by atoms with Crippen molar-refractivity contribution in [2.24, 2.45) is 0 Å². The number of methoxy groups -OCH3 is 2. The van der Waals surface area contributed by atoms with E-state index in [1.54, 1.807) is 14.2 Å². The summed E-state index contributed by atoms with van der Waals surface area (Å²) in [5.74, 6) is 1.46. The number of benzene rings is 3. The average Bonchev–Trinajstić information content (AvgIpc) is 3.31. The Kier molecular flexibility index (Phi) is 8.23. The van der Waals surface area contributed by atoms with Crippen molar-refractivity contribution < 1.29 is 14.3 Å². The molecule has 37 heavy (non-hydrogen) atoms. The van der Waals surface area contributed by atoms with Gasteiger partial charge in [-0.3, -0.25) is 4.79 Å². The van der Waals surface area contributed by atoms with Crippen molar-refractivity contribution in [3.05, 3.63) is 89.2 Å². The van der Waals surface area contributed by atoms with Crippen LogP contribution in [0, 0.1) is 6.92 Å². The van der Waals surface area contributed by atoms with E-state index < -0.39 is 0 Å². The number of carbonyl (C=O) groups is 1. The van der Waals surface area contributed by atoms with Crippen LogP contribution in [0.25, 0.3) is 16.8 Å². The minimum Gasteiger partial charge on any atom is -0.493 e. The molecule has 0 bridgehead atoms. The summed E-state index contributed by atoms with van der Waals surface area (Å²) >= 11 is 0. The van der Waals surface area contributed by atoms with Crippen molar-refractivity contribution in [3.8, 4) is 28.3 Å². The molecule has 0 aliphatic carbocycles. The summed E-state index contributed by atoms with van der Waals surface area (Å²) in [5, 5.41) is 8.89. The summed E-state index contributed by atoms with van der Waals surface area (Å²) in [5.41, 5.74) is 6.96. The third kappa shape index (κ3) is 5.82. The van der Waals surface area contributed by atoms with Crippen LogP contribution >= 0.6 is 0 Å². The highest BCUT2D eigenvalue weighted by atomic mass is 16.5. The van der Waals surface area contributed by atoms with Crippen LogP contribution < -0.4 is 9.47 Å². The molecule has 4 aromatic rings. The Balaban J connectivity index is 1.65. The molecule has 0 atom stereocenters. The maximum Gasteiger partial charge on any atom is 0.228 e. The van der Waals surface area contributed by atoms with Gasteiger partial charge in [-0.25, -0.2) is 4.68 Å².